The van der Waals surface area contributed by atoms with Gasteiger partial charge in [-0.25, -0.2) is 0 Å². The van der Waals surface area contributed by atoms with Gasteiger partial charge in [-0.2, -0.15) is 8.42 Å². The van der Waals surface area contributed by atoms with Gasteiger partial charge in [0.25, 0.3) is 0 Å². The van der Waals surface area contributed by atoms with Crippen molar-refractivity contribution in [1.29, 1.82) is 0 Å². The topological polar surface area (TPSA) is 34.1 Å². The van der Waals surface area contributed by atoms with E-state index in [1.807, 2.05) is 0 Å². The summed E-state index contributed by atoms with van der Waals surface area (Å²) < 4.78 is 34.2. The zero-order valence-corrected chi connectivity index (χ0v) is 9.34. The van der Waals surface area contributed by atoms with Gasteiger partial charge in [-0.05, 0) is 35.0 Å². The van der Waals surface area contributed by atoms with Crippen molar-refractivity contribution in [3.05, 3.63) is 20.8 Å². The first-order valence-electron chi connectivity index (χ1n) is 3.10. The standard InChI is InChI=1S/C6H6BrFO2S2/c1-4(12(8,9)10)5-2-3-6(7)11-5/h2-4H,1H3. The van der Waals surface area contributed by atoms with Crippen LogP contribution in [0.1, 0.15) is 17.1 Å². The Hall–Kier alpha value is 0.0600. The van der Waals surface area contributed by atoms with Gasteiger partial charge in [0.15, 0.2) is 0 Å². The van der Waals surface area contributed by atoms with Crippen LogP contribution in [0.3, 0.4) is 0 Å². The maximum absolute atomic E-state index is 12.4. The van der Waals surface area contributed by atoms with Crippen LogP contribution in [-0.4, -0.2) is 8.42 Å². The Morgan fingerprint density at radius 2 is 2.17 bits per heavy atom. The van der Waals surface area contributed by atoms with Crippen molar-refractivity contribution in [2.45, 2.75) is 12.2 Å². The van der Waals surface area contributed by atoms with Crippen LogP contribution in [0.2, 0.25) is 0 Å². The molecule has 1 unspecified atom stereocenters. The normalized spacial score (nSPS) is 14.6. The average molecular weight is 273 g/mol. The highest BCUT2D eigenvalue weighted by Gasteiger charge is 2.22. The Labute approximate surface area is 82.8 Å². The molecule has 0 saturated carbocycles. The Bertz CT molecular complexity index is 371. The minimum absolute atomic E-state index is 0.504. The lowest BCUT2D eigenvalue weighted by Gasteiger charge is -2.01. The van der Waals surface area contributed by atoms with Crippen molar-refractivity contribution in [3.8, 4) is 0 Å². The largest absolute Gasteiger partial charge is 0.309 e. The third-order valence-electron chi connectivity index (χ3n) is 1.42. The SMILES string of the molecule is CC(c1ccc(Br)s1)S(=O)(=O)F. The molecule has 0 amide bonds. The summed E-state index contributed by atoms with van der Waals surface area (Å²) in [5.41, 5.74) is 0. The second kappa shape index (κ2) is 3.43. The molecule has 0 bridgehead atoms. The molecule has 1 aromatic heterocycles. The predicted molar refractivity (Wildman–Crippen MR) is 50.5 cm³/mol. The van der Waals surface area contributed by atoms with E-state index < -0.39 is 15.5 Å². The van der Waals surface area contributed by atoms with Gasteiger partial charge in [-0.3, -0.25) is 0 Å². The molecular weight excluding hydrogens is 267 g/mol. The predicted octanol–water partition coefficient (Wildman–Crippen LogP) is 2.87. The Morgan fingerprint density at radius 3 is 2.50 bits per heavy atom. The maximum Gasteiger partial charge on any atom is 0.309 e. The molecule has 0 aromatic carbocycles. The molecule has 0 aliphatic heterocycles. The summed E-state index contributed by atoms with van der Waals surface area (Å²) in [6.45, 7) is 1.33. The van der Waals surface area contributed by atoms with Crippen LogP contribution in [0.4, 0.5) is 3.89 Å². The van der Waals surface area contributed by atoms with Crippen molar-refractivity contribution >= 4 is 37.5 Å². The highest BCUT2D eigenvalue weighted by Crippen LogP contribution is 2.31. The van der Waals surface area contributed by atoms with E-state index in [0.29, 0.717) is 4.88 Å². The molecular formula is C6H6BrFO2S2. The second-order valence-corrected chi connectivity index (χ2v) is 6.41. The summed E-state index contributed by atoms with van der Waals surface area (Å²) >= 11 is 4.39. The summed E-state index contributed by atoms with van der Waals surface area (Å²) in [6.07, 6.45) is 0. The highest BCUT2D eigenvalue weighted by molar-refractivity contribution is 9.11. The Morgan fingerprint density at radius 1 is 1.58 bits per heavy atom. The first-order chi connectivity index (χ1) is 5.41. The molecule has 1 heterocycles. The fourth-order valence-electron chi connectivity index (χ4n) is 0.686. The highest BCUT2D eigenvalue weighted by atomic mass is 79.9. The van der Waals surface area contributed by atoms with Crippen molar-refractivity contribution in [2.75, 3.05) is 0 Å². The number of thiophene rings is 1. The van der Waals surface area contributed by atoms with Crippen LogP contribution < -0.4 is 0 Å². The molecule has 1 rings (SSSR count). The first kappa shape index (κ1) is 10.1. The minimum Gasteiger partial charge on any atom is -0.194 e. The van der Waals surface area contributed by atoms with Gasteiger partial charge in [-0.1, -0.05) is 0 Å². The van der Waals surface area contributed by atoms with E-state index in [1.165, 1.54) is 18.3 Å². The summed E-state index contributed by atoms with van der Waals surface area (Å²) in [7, 11) is -4.45. The van der Waals surface area contributed by atoms with Crippen LogP contribution >= 0.6 is 27.3 Å². The van der Waals surface area contributed by atoms with Gasteiger partial charge in [0.1, 0.15) is 5.25 Å². The first-order valence-corrected chi connectivity index (χ1v) is 6.15. The molecule has 0 N–H and O–H groups in total. The molecule has 6 heteroatoms. The van der Waals surface area contributed by atoms with Crippen molar-refractivity contribution in [2.24, 2.45) is 0 Å². The molecule has 1 atom stereocenters. The van der Waals surface area contributed by atoms with E-state index >= 15 is 0 Å². The van der Waals surface area contributed by atoms with Gasteiger partial charge in [-0.15, -0.1) is 15.2 Å². The molecule has 0 fully saturated rings. The average Bonchev–Trinajstić information content (AvgIpc) is 2.32. The van der Waals surface area contributed by atoms with Crippen LogP contribution in [0, 0.1) is 0 Å². The molecule has 0 saturated heterocycles. The Balaban J connectivity index is 3.01. The fraction of sp³-hybridized carbons (Fsp3) is 0.333. The molecule has 1 aromatic rings. The van der Waals surface area contributed by atoms with E-state index in [0.717, 1.165) is 3.79 Å². The van der Waals surface area contributed by atoms with E-state index in [4.69, 9.17) is 0 Å². The lowest BCUT2D eigenvalue weighted by atomic mass is 10.4. The second-order valence-electron chi connectivity index (χ2n) is 2.26. The maximum atomic E-state index is 12.4. The molecule has 0 radical (unpaired) electrons. The van der Waals surface area contributed by atoms with Gasteiger partial charge in [0.2, 0.25) is 0 Å². The van der Waals surface area contributed by atoms with Crippen LogP contribution in [0.15, 0.2) is 15.9 Å². The number of rotatable bonds is 2. The lowest BCUT2D eigenvalue weighted by Crippen LogP contribution is -2.01. The zero-order chi connectivity index (χ0) is 9.35. The van der Waals surface area contributed by atoms with Crippen LogP contribution in [0.25, 0.3) is 0 Å². The van der Waals surface area contributed by atoms with Gasteiger partial charge < -0.3 is 0 Å². The summed E-state index contributed by atoms with van der Waals surface area (Å²) in [5.74, 6) is 0. The molecule has 0 aliphatic carbocycles. The quantitative estimate of drug-likeness (QED) is 0.776. The summed E-state index contributed by atoms with van der Waals surface area (Å²) in [5, 5.41) is -1.06. The lowest BCUT2D eigenvalue weighted by molar-refractivity contribution is 0.541. The molecule has 0 aliphatic rings. The molecule has 0 spiro atoms. The van der Waals surface area contributed by atoms with E-state index in [1.54, 1.807) is 12.1 Å². The summed E-state index contributed by atoms with van der Waals surface area (Å²) in [6, 6.07) is 3.29. The monoisotopic (exact) mass is 272 g/mol. The minimum atomic E-state index is -4.45. The van der Waals surface area contributed by atoms with Gasteiger partial charge in [0, 0.05) is 4.88 Å². The van der Waals surface area contributed by atoms with Crippen molar-refractivity contribution in [1.82, 2.24) is 0 Å². The number of hydrogen-bond acceptors (Lipinski definition) is 3. The van der Waals surface area contributed by atoms with Gasteiger partial charge >= 0.3 is 10.2 Å². The molecule has 68 valence electrons. The molecule has 12 heavy (non-hydrogen) atoms. The number of halogens is 2. The van der Waals surface area contributed by atoms with E-state index in [2.05, 4.69) is 15.9 Å². The fourth-order valence-corrected chi connectivity index (χ4v) is 2.89. The van der Waals surface area contributed by atoms with E-state index in [-0.39, 0.29) is 0 Å². The molecule has 2 nitrogen and oxygen atoms in total. The van der Waals surface area contributed by atoms with Crippen molar-refractivity contribution in [3.63, 3.8) is 0 Å². The third kappa shape index (κ3) is 2.27. The van der Waals surface area contributed by atoms with Crippen molar-refractivity contribution < 1.29 is 12.3 Å². The van der Waals surface area contributed by atoms with E-state index in [9.17, 15) is 12.3 Å². The van der Waals surface area contributed by atoms with Crippen LogP contribution in [-0.2, 0) is 10.2 Å². The smallest absolute Gasteiger partial charge is 0.194 e. The zero-order valence-electron chi connectivity index (χ0n) is 6.12. The van der Waals surface area contributed by atoms with Gasteiger partial charge in [0.05, 0.1) is 3.79 Å². The van der Waals surface area contributed by atoms with Crippen LogP contribution in [0.5, 0.6) is 0 Å². The number of hydrogen-bond donors (Lipinski definition) is 0. The summed E-state index contributed by atoms with van der Waals surface area (Å²) in [4.78, 5) is 0.504. The Kier molecular flexibility index (Phi) is 2.90. The third-order valence-corrected chi connectivity index (χ3v) is 4.47.